The summed E-state index contributed by atoms with van der Waals surface area (Å²) in [5.74, 6) is -0.415. The van der Waals surface area contributed by atoms with Gasteiger partial charge in [-0.2, -0.15) is 5.26 Å². The lowest BCUT2D eigenvalue weighted by atomic mass is 9.99. The third kappa shape index (κ3) is 4.82. The van der Waals surface area contributed by atoms with Crippen LogP contribution < -0.4 is 4.74 Å². The Balaban J connectivity index is 1.64. The molecule has 0 spiro atoms. The zero-order valence-electron chi connectivity index (χ0n) is 16.4. The fraction of sp³-hybridized carbons (Fsp3) is 0.261. The maximum atomic E-state index is 12.7. The van der Waals surface area contributed by atoms with Gasteiger partial charge in [-0.1, -0.05) is 36.4 Å². The monoisotopic (exact) mass is 390 g/mol. The van der Waals surface area contributed by atoms with Crippen LogP contribution in [-0.4, -0.2) is 36.5 Å². The van der Waals surface area contributed by atoms with Crippen LogP contribution in [0.2, 0.25) is 0 Å². The van der Waals surface area contributed by atoms with E-state index in [2.05, 4.69) is 6.07 Å². The number of rotatable bonds is 5. The SMILES string of the molecule is COc1ccc(/C=C(\C#N)C(=O)O[C@H](C)C(=O)N2CCc3ccccc3C2)cc1. The average Bonchev–Trinajstić information content (AvgIpc) is 2.76. The van der Waals surface area contributed by atoms with Gasteiger partial charge in [0.05, 0.1) is 7.11 Å². The zero-order chi connectivity index (χ0) is 20.8. The summed E-state index contributed by atoms with van der Waals surface area (Å²) >= 11 is 0. The van der Waals surface area contributed by atoms with Gasteiger partial charge in [0.15, 0.2) is 6.10 Å². The van der Waals surface area contributed by atoms with E-state index in [0.717, 1.165) is 12.0 Å². The molecule has 1 amide bonds. The molecule has 0 aliphatic carbocycles. The second-order valence-electron chi connectivity index (χ2n) is 6.77. The molecule has 6 nitrogen and oxygen atoms in total. The van der Waals surface area contributed by atoms with Crippen molar-refractivity contribution in [2.45, 2.75) is 26.0 Å². The van der Waals surface area contributed by atoms with Gasteiger partial charge in [-0.15, -0.1) is 0 Å². The molecule has 6 heteroatoms. The Morgan fingerprint density at radius 1 is 1.14 bits per heavy atom. The Hall–Kier alpha value is -3.59. The molecule has 0 unspecified atom stereocenters. The van der Waals surface area contributed by atoms with Crippen molar-refractivity contribution in [1.29, 1.82) is 5.26 Å². The predicted molar refractivity (Wildman–Crippen MR) is 108 cm³/mol. The molecule has 0 saturated carbocycles. The van der Waals surface area contributed by atoms with E-state index in [9.17, 15) is 14.9 Å². The second-order valence-corrected chi connectivity index (χ2v) is 6.77. The molecule has 0 aromatic heterocycles. The molecule has 0 bridgehead atoms. The van der Waals surface area contributed by atoms with Gasteiger partial charge in [0.2, 0.25) is 0 Å². The Morgan fingerprint density at radius 2 is 1.83 bits per heavy atom. The minimum Gasteiger partial charge on any atom is -0.497 e. The molecule has 148 valence electrons. The van der Waals surface area contributed by atoms with Crippen LogP contribution >= 0.6 is 0 Å². The molecule has 2 aromatic rings. The van der Waals surface area contributed by atoms with Gasteiger partial charge in [0.25, 0.3) is 5.91 Å². The number of methoxy groups -OCH3 is 1. The van der Waals surface area contributed by atoms with Crippen LogP contribution in [0.5, 0.6) is 5.75 Å². The molecule has 1 aliphatic rings. The zero-order valence-corrected chi connectivity index (χ0v) is 16.4. The Bertz CT molecular complexity index is 973. The van der Waals surface area contributed by atoms with Gasteiger partial charge >= 0.3 is 5.97 Å². The van der Waals surface area contributed by atoms with Crippen LogP contribution in [0.4, 0.5) is 0 Å². The van der Waals surface area contributed by atoms with Crippen LogP contribution in [0, 0.1) is 11.3 Å². The normalized spacial score (nSPS) is 14.4. The molecule has 29 heavy (non-hydrogen) atoms. The minimum atomic E-state index is -0.972. The molecular formula is C23H22N2O4. The topological polar surface area (TPSA) is 79.6 Å². The number of fused-ring (bicyclic) bond motifs is 1. The van der Waals surface area contributed by atoms with Crippen LogP contribution in [0.25, 0.3) is 6.08 Å². The fourth-order valence-electron chi connectivity index (χ4n) is 3.22. The third-order valence-electron chi connectivity index (χ3n) is 4.84. The van der Waals surface area contributed by atoms with Gasteiger partial charge in [0, 0.05) is 13.1 Å². The number of nitriles is 1. The Labute approximate surface area is 170 Å². The molecule has 3 rings (SSSR count). The first-order chi connectivity index (χ1) is 14.0. The number of carbonyl (C=O) groups excluding carboxylic acids is 2. The number of hydrogen-bond acceptors (Lipinski definition) is 5. The summed E-state index contributed by atoms with van der Waals surface area (Å²) in [6.07, 6.45) is 1.22. The molecule has 0 N–H and O–H groups in total. The fourth-order valence-corrected chi connectivity index (χ4v) is 3.22. The first kappa shape index (κ1) is 20.2. The van der Waals surface area contributed by atoms with Crippen molar-refractivity contribution in [2.75, 3.05) is 13.7 Å². The summed E-state index contributed by atoms with van der Waals surface area (Å²) in [5, 5.41) is 9.33. The van der Waals surface area contributed by atoms with E-state index >= 15 is 0 Å². The molecule has 1 atom stereocenters. The van der Waals surface area contributed by atoms with Crippen LogP contribution in [0.3, 0.4) is 0 Å². The maximum Gasteiger partial charge on any atom is 0.349 e. The highest BCUT2D eigenvalue weighted by molar-refractivity contribution is 5.99. The van der Waals surface area contributed by atoms with Gasteiger partial charge in [-0.05, 0) is 48.2 Å². The van der Waals surface area contributed by atoms with E-state index < -0.39 is 12.1 Å². The van der Waals surface area contributed by atoms with E-state index in [1.807, 2.05) is 24.3 Å². The largest absolute Gasteiger partial charge is 0.497 e. The number of carbonyl (C=O) groups is 2. The van der Waals surface area contributed by atoms with E-state index in [-0.39, 0.29) is 11.5 Å². The molecule has 1 aliphatic heterocycles. The van der Waals surface area contributed by atoms with Crippen molar-refractivity contribution in [2.24, 2.45) is 0 Å². The molecule has 1 heterocycles. The van der Waals surface area contributed by atoms with E-state index in [0.29, 0.717) is 24.4 Å². The Morgan fingerprint density at radius 3 is 2.48 bits per heavy atom. The number of hydrogen-bond donors (Lipinski definition) is 0. The summed E-state index contributed by atoms with van der Waals surface area (Å²) in [5.41, 5.74) is 2.82. The summed E-state index contributed by atoms with van der Waals surface area (Å²) in [4.78, 5) is 26.8. The molecular weight excluding hydrogens is 368 g/mol. The van der Waals surface area contributed by atoms with Crippen molar-refractivity contribution >= 4 is 18.0 Å². The molecule has 2 aromatic carbocycles. The molecule has 0 fully saturated rings. The highest BCUT2D eigenvalue weighted by atomic mass is 16.5. The van der Waals surface area contributed by atoms with Crippen LogP contribution in [-0.2, 0) is 27.3 Å². The summed E-state index contributed by atoms with van der Waals surface area (Å²) in [7, 11) is 1.56. The standard InChI is InChI=1S/C23H22N2O4/c1-16(22(26)25-12-11-18-5-3-4-6-19(18)15-25)29-23(27)20(14-24)13-17-7-9-21(28-2)10-8-17/h3-10,13,16H,11-12,15H2,1-2H3/b20-13+/t16-/m1/s1. The highest BCUT2D eigenvalue weighted by Gasteiger charge is 2.27. The molecule has 0 radical (unpaired) electrons. The lowest BCUT2D eigenvalue weighted by Gasteiger charge is -2.30. The second kappa shape index (κ2) is 9.07. The number of esters is 1. The first-order valence-corrected chi connectivity index (χ1v) is 9.34. The number of ether oxygens (including phenoxy) is 2. The Kier molecular flexibility index (Phi) is 6.30. The lowest BCUT2D eigenvalue weighted by molar-refractivity contribution is -0.156. The summed E-state index contributed by atoms with van der Waals surface area (Å²) in [6.45, 7) is 2.59. The predicted octanol–water partition coefficient (Wildman–Crippen LogP) is 3.12. The van der Waals surface area contributed by atoms with E-state index in [4.69, 9.17) is 9.47 Å². The maximum absolute atomic E-state index is 12.7. The van der Waals surface area contributed by atoms with Crippen molar-refractivity contribution in [1.82, 2.24) is 4.90 Å². The van der Waals surface area contributed by atoms with Gasteiger partial charge in [-0.3, -0.25) is 4.79 Å². The van der Waals surface area contributed by atoms with Crippen molar-refractivity contribution in [3.8, 4) is 11.8 Å². The summed E-state index contributed by atoms with van der Waals surface area (Å²) in [6, 6.07) is 16.7. The van der Waals surface area contributed by atoms with Gasteiger partial charge in [0.1, 0.15) is 17.4 Å². The lowest BCUT2D eigenvalue weighted by Crippen LogP contribution is -2.42. The number of nitrogens with zero attached hydrogens (tertiary/aromatic N) is 2. The van der Waals surface area contributed by atoms with E-state index in [1.54, 1.807) is 36.3 Å². The van der Waals surface area contributed by atoms with Crippen LogP contribution in [0.1, 0.15) is 23.6 Å². The van der Waals surface area contributed by atoms with E-state index in [1.165, 1.54) is 18.6 Å². The summed E-state index contributed by atoms with van der Waals surface area (Å²) < 4.78 is 10.4. The van der Waals surface area contributed by atoms with Crippen molar-refractivity contribution in [3.63, 3.8) is 0 Å². The highest BCUT2D eigenvalue weighted by Crippen LogP contribution is 2.20. The first-order valence-electron chi connectivity index (χ1n) is 9.34. The minimum absolute atomic E-state index is 0.168. The van der Waals surface area contributed by atoms with Crippen LogP contribution in [0.15, 0.2) is 54.1 Å². The quantitative estimate of drug-likeness (QED) is 0.445. The third-order valence-corrected chi connectivity index (χ3v) is 4.84. The van der Waals surface area contributed by atoms with Gasteiger partial charge < -0.3 is 14.4 Å². The number of benzene rings is 2. The van der Waals surface area contributed by atoms with Crippen molar-refractivity contribution in [3.05, 3.63) is 70.8 Å². The van der Waals surface area contributed by atoms with Crippen molar-refractivity contribution < 1.29 is 19.1 Å². The number of amides is 1. The average molecular weight is 390 g/mol. The molecule has 0 saturated heterocycles. The van der Waals surface area contributed by atoms with Gasteiger partial charge in [-0.25, -0.2) is 4.79 Å². The smallest absolute Gasteiger partial charge is 0.349 e.